The van der Waals surface area contributed by atoms with Gasteiger partial charge in [-0.25, -0.2) is 0 Å². The largest absolute Gasteiger partial charge is 0.493 e. The average molecular weight is 346 g/mol. The minimum Gasteiger partial charge on any atom is -0.493 e. The van der Waals surface area contributed by atoms with Gasteiger partial charge in [-0.1, -0.05) is 12.8 Å². The van der Waals surface area contributed by atoms with Crippen molar-refractivity contribution in [3.63, 3.8) is 0 Å². The number of carbonyl (C=O) groups excluding carboxylic acids is 1. The molecule has 1 heterocycles. The fraction of sp³-hybridized carbons (Fsp3) is 0.650. The summed E-state index contributed by atoms with van der Waals surface area (Å²) in [4.78, 5) is 15.2. The molecule has 0 aromatic heterocycles. The quantitative estimate of drug-likeness (QED) is 0.891. The van der Waals surface area contributed by atoms with E-state index in [0.717, 1.165) is 42.8 Å². The molecular weight excluding hydrogens is 316 g/mol. The summed E-state index contributed by atoms with van der Waals surface area (Å²) in [5.74, 6) is 2.21. The van der Waals surface area contributed by atoms with Crippen LogP contribution in [0, 0.1) is 18.3 Å². The number of hydrogen-bond acceptors (Lipinski definition) is 4. The van der Waals surface area contributed by atoms with Crippen molar-refractivity contribution in [3.05, 3.63) is 23.3 Å². The summed E-state index contributed by atoms with van der Waals surface area (Å²) in [6.07, 6.45) is 4.59. The monoisotopic (exact) mass is 346 g/mol. The van der Waals surface area contributed by atoms with Gasteiger partial charge < -0.3 is 19.7 Å². The number of fused-ring (bicyclic) bond motifs is 1. The Morgan fingerprint density at radius 2 is 2.00 bits per heavy atom. The van der Waals surface area contributed by atoms with Crippen molar-refractivity contribution in [2.45, 2.75) is 39.2 Å². The van der Waals surface area contributed by atoms with Crippen LogP contribution in [0.2, 0.25) is 0 Å². The lowest BCUT2D eigenvalue weighted by atomic mass is 9.67. The molecule has 1 N–H and O–H groups in total. The Bertz CT molecular complexity index is 646. The van der Waals surface area contributed by atoms with Gasteiger partial charge in [0.25, 0.3) is 0 Å². The van der Waals surface area contributed by atoms with Crippen LogP contribution in [0.4, 0.5) is 0 Å². The Hall–Kier alpha value is -1.75. The van der Waals surface area contributed by atoms with E-state index in [1.807, 2.05) is 24.1 Å². The van der Waals surface area contributed by atoms with E-state index in [9.17, 15) is 4.79 Å². The number of methoxy groups -OCH3 is 2. The third-order valence-corrected chi connectivity index (χ3v) is 6.06. The summed E-state index contributed by atoms with van der Waals surface area (Å²) >= 11 is 0. The number of amides is 1. The van der Waals surface area contributed by atoms with E-state index in [1.54, 1.807) is 14.2 Å². The van der Waals surface area contributed by atoms with Crippen LogP contribution in [0.25, 0.3) is 0 Å². The summed E-state index contributed by atoms with van der Waals surface area (Å²) in [7, 11) is 5.21. The zero-order valence-electron chi connectivity index (χ0n) is 15.9. The molecule has 25 heavy (non-hydrogen) atoms. The van der Waals surface area contributed by atoms with Gasteiger partial charge in [-0.2, -0.15) is 0 Å². The molecule has 5 heteroatoms. The molecule has 1 aliphatic carbocycles. The van der Waals surface area contributed by atoms with Crippen LogP contribution < -0.4 is 14.8 Å². The number of aryl methyl sites for hydroxylation is 1. The maximum atomic E-state index is 13.3. The maximum Gasteiger partial charge on any atom is 0.230 e. The summed E-state index contributed by atoms with van der Waals surface area (Å²) in [5.41, 5.74) is 2.01. The second kappa shape index (κ2) is 7.24. The summed E-state index contributed by atoms with van der Waals surface area (Å²) in [6, 6.07) is 3.96. The van der Waals surface area contributed by atoms with E-state index in [0.29, 0.717) is 18.2 Å². The van der Waals surface area contributed by atoms with Crippen LogP contribution in [0.1, 0.15) is 36.8 Å². The molecule has 1 aromatic carbocycles. The number of ether oxygens (including phenoxy) is 2. The van der Waals surface area contributed by atoms with Gasteiger partial charge in [-0.05, 0) is 55.5 Å². The van der Waals surface area contributed by atoms with Gasteiger partial charge in [0.15, 0.2) is 11.5 Å². The fourth-order valence-electron chi connectivity index (χ4n) is 4.57. The second-order valence-corrected chi connectivity index (χ2v) is 7.52. The van der Waals surface area contributed by atoms with Gasteiger partial charge in [0.05, 0.1) is 19.6 Å². The molecule has 0 unspecified atom stereocenters. The molecule has 0 radical (unpaired) electrons. The van der Waals surface area contributed by atoms with Crippen molar-refractivity contribution in [1.29, 1.82) is 0 Å². The first-order valence-electron chi connectivity index (χ1n) is 9.19. The third-order valence-electron chi connectivity index (χ3n) is 6.06. The first-order valence-corrected chi connectivity index (χ1v) is 9.19. The third kappa shape index (κ3) is 3.22. The molecule has 1 saturated heterocycles. The average Bonchev–Trinajstić information content (AvgIpc) is 3.07. The Morgan fingerprint density at radius 1 is 1.28 bits per heavy atom. The molecule has 2 aliphatic rings. The molecule has 1 aliphatic heterocycles. The van der Waals surface area contributed by atoms with Crippen molar-refractivity contribution in [2.75, 3.05) is 34.4 Å². The van der Waals surface area contributed by atoms with Gasteiger partial charge in [-0.3, -0.25) is 4.79 Å². The van der Waals surface area contributed by atoms with Crippen LogP contribution in [0.5, 0.6) is 11.5 Å². The predicted molar refractivity (Wildman–Crippen MR) is 98.0 cm³/mol. The highest BCUT2D eigenvalue weighted by atomic mass is 16.5. The highest BCUT2D eigenvalue weighted by Crippen LogP contribution is 2.45. The second-order valence-electron chi connectivity index (χ2n) is 7.52. The molecule has 1 aromatic rings. The van der Waals surface area contributed by atoms with Gasteiger partial charge in [0.1, 0.15) is 0 Å². The number of hydrogen-bond donors (Lipinski definition) is 1. The lowest BCUT2D eigenvalue weighted by Gasteiger charge is -2.40. The fourth-order valence-corrected chi connectivity index (χ4v) is 4.57. The maximum absolute atomic E-state index is 13.3. The van der Waals surface area contributed by atoms with Crippen LogP contribution in [-0.2, 0) is 11.3 Å². The molecule has 5 nitrogen and oxygen atoms in total. The van der Waals surface area contributed by atoms with Crippen LogP contribution in [0.3, 0.4) is 0 Å². The van der Waals surface area contributed by atoms with Crippen molar-refractivity contribution in [1.82, 2.24) is 10.2 Å². The molecule has 138 valence electrons. The molecule has 2 atom stereocenters. The SMILES string of the molecule is COc1cc(C)c(CN(C)C(=O)[C@@]23CCCC[C@H]2CNC3)cc1OC. The first-order chi connectivity index (χ1) is 12.0. The molecular formula is C20H30N2O3. The van der Waals surface area contributed by atoms with E-state index in [4.69, 9.17) is 9.47 Å². The van der Waals surface area contributed by atoms with E-state index in [-0.39, 0.29) is 11.3 Å². The molecule has 1 saturated carbocycles. The topological polar surface area (TPSA) is 50.8 Å². The Balaban J connectivity index is 1.80. The standard InChI is InChI=1S/C20H30N2O3/c1-14-9-17(24-3)18(25-4)10-15(14)12-22(2)19(23)20-8-6-5-7-16(20)11-21-13-20/h9-10,16,21H,5-8,11-13H2,1-4H3/t16-,20+/m0/s1. The van der Waals surface area contributed by atoms with Crippen LogP contribution in [0.15, 0.2) is 12.1 Å². The van der Waals surface area contributed by atoms with Crippen molar-refractivity contribution in [2.24, 2.45) is 11.3 Å². The normalized spacial score (nSPS) is 25.4. The van der Waals surface area contributed by atoms with Gasteiger partial charge >= 0.3 is 0 Å². The van der Waals surface area contributed by atoms with Crippen LogP contribution in [-0.4, -0.2) is 45.2 Å². The van der Waals surface area contributed by atoms with Gasteiger partial charge in [-0.15, -0.1) is 0 Å². The lowest BCUT2D eigenvalue weighted by Crippen LogP contribution is -2.48. The molecule has 3 rings (SSSR count). The van der Waals surface area contributed by atoms with Crippen LogP contribution >= 0.6 is 0 Å². The first kappa shape index (κ1) is 18.1. The minimum atomic E-state index is -0.197. The summed E-state index contributed by atoms with van der Waals surface area (Å²) in [5, 5.41) is 3.47. The minimum absolute atomic E-state index is 0.197. The van der Waals surface area contributed by atoms with Crippen molar-refractivity contribution in [3.8, 4) is 11.5 Å². The van der Waals surface area contributed by atoms with E-state index in [2.05, 4.69) is 12.2 Å². The van der Waals surface area contributed by atoms with Gasteiger partial charge in [0, 0.05) is 20.1 Å². The molecule has 0 bridgehead atoms. The summed E-state index contributed by atoms with van der Waals surface area (Å²) in [6.45, 7) is 4.45. The molecule has 1 amide bonds. The van der Waals surface area contributed by atoms with Crippen molar-refractivity contribution < 1.29 is 14.3 Å². The van der Waals surface area contributed by atoms with E-state index >= 15 is 0 Å². The zero-order chi connectivity index (χ0) is 18.0. The number of nitrogens with zero attached hydrogens (tertiary/aromatic N) is 1. The lowest BCUT2D eigenvalue weighted by molar-refractivity contribution is -0.144. The molecule has 2 fully saturated rings. The van der Waals surface area contributed by atoms with Gasteiger partial charge in [0.2, 0.25) is 5.91 Å². The Kier molecular flexibility index (Phi) is 5.23. The van der Waals surface area contributed by atoms with E-state index < -0.39 is 0 Å². The highest BCUT2D eigenvalue weighted by Gasteiger charge is 2.50. The number of rotatable bonds is 5. The summed E-state index contributed by atoms with van der Waals surface area (Å²) < 4.78 is 10.8. The molecule has 0 spiro atoms. The zero-order valence-corrected chi connectivity index (χ0v) is 15.9. The van der Waals surface area contributed by atoms with E-state index in [1.165, 1.54) is 12.8 Å². The Labute approximate surface area is 150 Å². The number of benzene rings is 1. The number of nitrogens with one attached hydrogen (secondary N) is 1. The predicted octanol–water partition coefficient (Wildman–Crippen LogP) is 2.75. The highest BCUT2D eigenvalue weighted by molar-refractivity contribution is 5.84. The Morgan fingerprint density at radius 3 is 2.72 bits per heavy atom. The number of carbonyl (C=O) groups is 1. The smallest absolute Gasteiger partial charge is 0.230 e. The van der Waals surface area contributed by atoms with Crippen molar-refractivity contribution >= 4 is 5.91 Å².